The van der Waals surface area contributed by atoms with E-state index in [4.69, 9.17) is 9.47 Å². The van der Waals surface area contributed by atoms with Crippen molar-refractivity contribution in [1.29, 1.82) is 0 Å². The third-order valence-corrected chi connectivity index (χ3v) is 5.39. The molecular formula is C18H19NO7S. The molecule has 0 aromatic heterocycles. The number of carbonyl (C=O) groups excluding carboxylic acids is 2. The van der Waals surface area contributed by atoms with E-state index in [9.17, 15) is 18.0 Å². The lowest BCUT2D eigenvalue weighted by Crippen LogP contribution is -2.26. The van der Waals surface area contributed by atoms with E-state index in [0.717, 1.165) is 6.07 Å². The van der Waals surface area contributed by atoms with Gasteiger partial charge in [-0.1, -0.05) is 10.5 Å². The molecule has 0 heterocycles. The Hall–Kier alpha value is -2.75. The van der Waals surface area contributed by atoms with E-state index in [-0.39, 0.29) is 10.5 Å². The summed E-state index contributed by atoms with van der Waals surface area (Å²) in [4.78, 5) is 28.8. The van der Waals surface area contributed by atoms with Crippen LogP contribution in [0.25, 0.3) is 0 Å². The Labute approximate surface area is 157 Å². The maximum atomic E-state index is 12.2. The standard InChI is InChI=1S/C18H19NO7S/c1-19(25-3)27(22,23)16-6-4-5-14(11-16)18(21)26-12-17(20)13-7-9-15(24-2)10-8-13/h4-11H,12H2,1-3H3. The number of benzene rings is 2. The zero-order valence-electron chi connectivity index (χ0n) is 15.0. The van der Waals surface area contributed by atoms with Crippen LogP contribution >= 0.6 is 0 Å². The first-order valence-electron chi connectivity index (χ1n) is 7.77. The van der Waals surface area contributed by atoms with E-state index in [1.807, 2.05) is 0 Å². The van der Waals surface area contributed by atoms with Gasteiger partial charge in [-0.25, -0.2) is 13.2 Å². The van der Waals surface area contributed by atoms with E-state index in [0.29, 0.717) is 15.8 Å². The lowest BCUT2D eigenvalue weighted by molar-refractivity contribution is -0.0258. The van der Waals surface area contributed by atoms with Crippen molar-refractivity contribution in [3.05, 3.63) is 59.7 Å². The van der Waals surface area contributed by atoms with Gasteiger partial charge in [0.15, 0.2) is 12.4 Å². The van der Waals surface area contributed by atoms with Crippen LogP contribution in [0.1, 0.15) is 20.7 Å². The number of methoxy groups -OCH3 is 1. The van der Waals surface area contributed by atoms with Crippen LogP contribution < -0.4 is 4.74 Å². The highest BCUT2D eigenvalue weighted by atomic mass is 32.2. The molecule has 0 aliphatic heterocycles. The Kier molecular flexibility index (Phi) is 6.67. The predicted octanol–water partition coefficient (Wildman–Crippen LogP) is 1.92. The van der Waals surface area contributed by atoms with E-state index in [1.165, 1.54) is 39.5 Å². The summed E-state index contributed by atoms with van der Waals surface area (Å²) in [6.07, 6.45) is 0. The molecule has 2 aromatic rings. The second-order valence-corrected chi connectivity index (χ2v) is 7.29. The van der Waals surface area contributed by atoms with Crippen molar-refractivity contribution in [2.24, 2.45) is 0 Å². The van der Waals surface area contributed by atoms with Gasteiger partial charge in [-0.3, -0.25) is 9.63 Å². The van der Waals surface area contributed by atoms with Gasteiger partial charge in [-0.05, 0) is 42.5 Å². The van der Waals surface area contributed by atoms with Gasteiger partial charge in [-0.2, -0.15) is 0 Å². The molecule has 2 rings (SSSR count). The fraction of sp³-hybridized carbons (Fsp3) is 0.222. The average molecular weight is 393 g/mol. The second kappa shape index (κ2) is 8.76. The fourth-order valence-corrected chi connectivity index (χ4v) is 3.12. The minimum Gasteiger partial charge on any atom is -0.497 e. The molecule has 27 heavy (non-hydrogen) atoms. The lowest BCUT2D eigenvalue weighted by atomic mass is 10.1. The molecule has 9 heteroatoms. The molecule has 0 saturated carbocycles. The van der Waals surface area contributed by atoms with E-state index in [1.54, 1.807) is 24.3 Å². The summed E-state index contributed by atoms with van der Waals surface area (Å²) >= 11 is 0. The molecule has 0 aliphatic rings. The Balaban J connectivity index is 2.07. The van der Waals surface area contributed by atoms with Crippen molar-refractivity contribution in [3.63, 3.8) is 0 Å². The Morgan fingerprint density at radius 1 is 1.00 bits per heavy atom. The van der Waals surface area contributed by atoms with Gasteiger partial charge in [0.25, 0.3) is 10.0 Å². The van der Waals surface area contributed by atoms with Crippen LogP contribution in [0.5, 0.6) is 5.75 Å². The number of rotatable bonds is 8. The summed E-state index contributed by atoms with van der Waals surface area (Å²) < 4.78 is 35.1. The van der Waals surface area contributed by atoms with E-state index < -0.39 is 28.4 Å². The van der Waals surface area contributed by atoms with Crippen molar-refractivity contribution in [2.75, 3.05) is 27.9 Å². The Morgan fingerprint density at radius 3 is 2.26 bits per heavy atom. The summed E-state index contributed by atoms with van der Waals surface area (Å²) in [5, 5.41) is 0. The molecular weight excluding hydrogens is 374 g/mol. The SMILES string of the molecule is COc1ccc(C(=O)COC(=O)c2cccc(S(=O)(=O)N(C)OC)c2)cc1. The number of Topliss-reactive ketones (excluding diaryl/α,β-unsaturated/α-hetero) is 1. The third-order valence-electron chi connectivity index (χ3n) is 3.71. The van der Waals surface area contributed by atoms with Gasteiger partial charge >= 0.3 is 5.97 Å². The molecule has 0 spiro atoms. The second-order valence-electron chi connectivity index (χ2n) is 5.35. The molecule has 8 nitrogen and oxygen atoms in total. The topological polar surface area (TPSA) is 99.2 Å². The first kappa shape index (κ1) is 20.6. The zero-order chi connectivity index (χ0) is 20.0. The quantitative estimate of drug-likeness (QED) is 0.384. The monoisotopic (exact) mass is 393 g/mol. The first-order valence-corrected chi connectivity index (χ1v) is 9.21. The average Bonchev–Trinajstić information content (AvgIpc) is 2.71. The Morgan fingerprint density at radius 2 is 1.67 bits per heavy atom. The minimum atomic E-state index is -3.90. The maximum absolute atomic E-state index is 12.2. The van der Waals surface area contributed by atoms with Gasteiger partial charge in [0.1, 0.15) is 5.75 Å². The van der Waals surface area contributed by atoms with Crippen LogP contribution in [-0.2, 0) is 19.6 Å². The van der Waals surface area contributed by atoms with Gasteiger partial charge in [0, 0.05) is 12.6 Å². The summed E-state index contributed by atoms with van der Waals surface area (Å²) in [6.45, 7) is -0.472. The summed E-state index contributed by atoms with van der Waals surface area (Å²) in [6, 6.07) is 11.6. The zero-order valence-corrected chi connectivity index (χ0v) is 15.9. The van der Waals surface area contributed by atoms with Crippen molar-refractivity contribution < 1.29 is 32.3 Å². The fourth-order valence-electron chi connectivity index (χ4n) is 2.10. The molecule has 2 aromatic carbocycles. The van der Waals surface area contributed by atoms with Crippen LogP contribution in [0.3, 0.4) is 0 Å². The van der Waals surface area contributed by atoms with Crippen LogP contribution in [0.15, 0.2) is 53.4 Å². The smallest absolute Gasteiger partial charge is 0.338 e. The maximum Gasteiger partial charge on any atom is 0.338 e. The van der Waals surface area contributed by atoms with Crippen LogP contribution in [-0.4, -0.2) is 52.5 Å². The number of hydrogen-bond donors (Lipinski definition) is 0. The molecule has 0 atom stereocenters. The highest BCUT2D eigenvalue weighted by Gasteiger charge is 2.22. The molecule has 0 bridgehead atoms. The molecule has 0 saturated heterocycles. The molecule has 0 radical (unpaired) electrons. The lowest BCUT2D eigenvalue weighted by Gasteiger charge is -2.14. The number of ether oxygens (including phenoxy) is 2. The van der Waals surface area contributed by atoms with E-state index in [2.05, 4.69) is 4.84 Å². The summed E-state index contributed by atoms with van der Waals surface area (Å²) in [5.74, 6) is -0.606. The number of carbonyl (C=O) groups is 2. The number of hydroxylamine groups is 1. The molecule has 0 fully saturated rings. The highest BCUT2D eigenvalue weighted by molar-refractivity contribution is 7.89. The predicted molar refractivity (Wildman–Crippen MR) is 96.0 cm³/mol. The van der Waals surface area contributed by atoms with Crippen molar-refractivity contribution in [3.8, 4) is 5.75 Å². The molecule has 144 valence electrons. The Bertz CT molecular complexity index is 923. The van der Waals surface area contributed by atoms with Crippen molar-refractivity contribution in [2.45, 2.75) is 4.90 Å². The van der Waals surface area contributed by atoms with E-state index >= 15 is 0 Å². The van der Waals surface area contributed by atoms with Crippen molar-refractivity contribution in [1.82, 2.24) is 4.47 Å². The number of esters is 1. The first-order chi connectivity index (χ1) is 12.8. The largest absolute Gasteiger partial charge is 0.497 e. The normalized spacial score (nSPS) is 11.3. The summed E-state index contributed by atoms with van der Waals surface area (Å²) in [7, 11) is 0.0486. The van der Waals surface area contributed by atoms with Gasteiger partial charge in [0.05, 0.1) is 24.7 Å². The minimum absolute atomic E-state index is 0.00288. The van der Waals surface area contributed by atoms with Crippen LogP contribution in [0, 0.1) is 0 Å². The van der Waals surface area contributed by atoms with Crippen LogP contribution in [0.2, 0.25) is 0 Å². The highest BCUT2D eigenvalue weighted by Crippen LogP contribution is 2.17. The molecule has 0 N–H and O–H groups in total. The van der Waals surface area contributed by atoms with Crippen molar-refractivity contribution >= 4 is 21.8 Å². The van der Waals surface area contributed by atoms with Gasteiger partial charge in [-0.15, -0.1) is 0 Å². The number of hydrogen-bond acceptors (Lipinski definition) is 7. The third kappa shape index (κ3) is 4.91. The van der Waals surface area contributed by atoms with Crippen LogP contribution in [0.4, 0.5) is 0 Å². The number of sulfonamides is 1. The van der Waals surface area contributed by atoms with Gasteiger partial charge in [0.2, 0.25) is 0 Å². The number of nitrogens with zero attached hydrogens (tertiary/aromatic N) is 1. The molecule has 0 amide bonds. The summed E-state index contributed by atoms with van der Waals surface area (Å²) in [5.41, 5.74) is 0.366. The van der Waals surface area contributed by atoms with Gasteiger partial charge < -0.3 is 9.47 Å². The molecule has 0 unspecified atom stereocenters. The molecule has 0 aliphatic carbocycles. The number of ketones is 1.